The minimum atomic E-state index is 0.603. The molecule has 0 amide bonds. The molecule has 2 atom stereocenters. The Kier molecular flexibility index (Phi) is 3.68. The van der Waals surface area contributed by atoms with Crippen LogP contribution in [0, 0.1) is 6.92 Å². The molecule has 4 rings (SSSR count). The summed E-state index contributed by atoms with van der Waals surface area (Å²) < 4.78 is 0. The van der Waals surface area contributed by atoms with Gasteiger partial charge in [0.15, 0.2) is 0 Å². The largest absolute Gasteiger partial charge is 0.256 e. The van der Waals surface area contributed by atoms with Gasteiger partial charge in [-0.2, -0.15) is 0 Å². The van der Waals surface area contributed by atoms with Gasteiger partial charge in [-0.25, -0.2) is 0 Å². The molecule has 0 bridgehead atoms. The molecule has 1 heterocycles. The van der Waals surface area contributed by atoms with E-state index in [1.165, 1.54) is 51.4 Å². The number of pyridine rings is 1. The number of nitrogens with zero attached hydrogens (tertiary/aromatic N) is 1. The first kappa shape index (κ1) is 15.4. The molecule has 0 spiro atoms. The molecule has 1 heteroatoms. The molecule has 1 aliphatic rings. The van der Waals surface area contributed by atoms with E-state index in [9.17, 15) is 0 Å². The van der Waals surface area contributed by atoms with Crippen LogP contribution >= 0.6 is 0 Å². The zero-order chi connectivity index (χ0) is 16.8. The maximum Gasteiger partial charge on any atom is 0.0783 e. The van der Waals surface area contributed by atoms with Gasteiger partial charge in [0.2, 0.25) is 0 Å². The highest BCUT2D eigenvalue weighted by molar-refractivity contribution is 5.96. The summed E-state index contributed by atoms with van der Waals surface area (Å²) in [4.78, 5) is 4.78. The molecular weight excluding hydrogens is 290 g/mol. The molecule has 0 saturated carbocycles. The fraction of sp³-hybridized carbons (Fsp3) is 0.348. The molecule has 0 radical (unpaired) electrons. The van der Waals surface area contributed by atoms with Crippen molar-refractivity contribution in [2.24, 2.45) is 0 Å². The Morgan fingerprint density at radius 2 is 2.00 bits per heavy atom. The van der Waals surface area contributed by atoms with Crippen molar-refractivity contribution in [1.29, 1.82) is 0 Å². The van der Waals surface area contributed by atoms with Crippen molar-refractivity contribution >= 4 is 10.8 Å². The van der Waals surface area contributed by atoms with Gasteiger partial charge in [-0.15, -0.1) is 0 Å². The Morgan fingerprint density at radius 3 is 2.75 bits per heavy atom. The number of rotatable bonds is 3. The maximum absolute atomic E-state index is 4.78. The SMILES string of the molecule is CCC(C)c1ccc2c(-c3cc(C)cc4c3C(C)C4)nccc2c1. The van der Waals surface area contributed by atoms with Crippen molar-refractivity contribution < 1.29 is 0 Å². The number of aromatic nitrogens is 1. The molecule has 2 aromatic carbocycles. The lowest BCUT2D eigenvalue weighted by molar-refractivity contribution is 0.668. The molecule has 3 aromatic rings. The predicted molar refractivity (Wildman–Crippen MR) is 103 cm³/mol. The van der Waals surface area contributed by atoms with Crippen LogP contribution in [0.25, 0.3) is 22.0 Å². The molecule has 0 N–H and O–H groups in total. The van der Waals surface area contributed by atoms with E-state index in [0.29, 0.717) is 11.8 Å². The second-order valence-corrected chi connectivity index (χ2v) is 7.44. The minimum Gasteiger partial charge on any atom is -0.256 e. The van der Waals surface area contributed by atoms with Crippen molar-refractivity contribution in [3.05, 3.63) is 64.8 Å². The summed E-state index contributed by atoms with van der Waals surface area (Å²) in [6.07, 6.45) is 4.34. The summed E-state index contributed by atoms with van der Waals surface area (Å²) in [7, 11) is 0. The van der Waals surface area contributed by atoms with Gasteiger partial charge in [0.05, 0.1) is 5.69 Å². The average molecular weight is 315 g/mol. The first-order valence-corrected chi connectivity index (χ1v) is 9.11. The summed E-state index contributed by atoms with van der Waals surface area (Å²) in [5, 5.41) is 2.58. The first-order chi connectivity index (χ1) is 11.6. The van der Waals surface area contributed by atoms with Gasteiger partial charge in [-0.1, -0.05) is 50.6 Å². The van der Waals surface area contributed by atoms with E-state index in [0.717, 1.165) is 5.69 Å². The van der Waals surface area contributed by atoms with Crippen LogP contribution in [0.15, 0.2) is 42.6 Å². The van der Waals surface area contributed by atoms with E-state index >= 15 is 0 Å². The number of hydrogen-bond donors (Lipinski definition) is 0. The Hall–Kier alpha value is -2.15. The lowest BCUT2D eigenvalue weighted by Crippen LogP contribution is -2.16. The number of fused-ring (bicyclic) bond motifs is 2. The van der Waals surface area contributed by atoms with E-state index < -0.39 is 0 Å². The van der Waals surface area contributed by atoms with Crippen LogP contribution in [0.2, 0.25) is 0 Å². The third-order valence-corrected chi connectivity index (χ3v) is 5.65. The van der Waals surface area contributed by atoms with Gasteiger partial charge in [-0.3, -0.25) is 4.98 Å². The lowest BCUT2D eigenvalue weighted by atomic mass is 9.74. The highest BCUT2D eigenvalue weighted by Gasteiger charge is 2.27. The molecule has 1 aliphatic carbocycles. The van der Waals surface area contributed by atoms with Gasteiger partial charge in [-0.05, 0) is 65.8 Å². The second kappa shape index (κ2) is 5.73. The zero-order valence-electron chi connectivity index (χ0n) is 15.1. The van der Waals surface area contributed by atoms with Gasteiger partial charge in [0, 0.05) is 17.1 Å². The second-order valence-electron chi connectivity index (χ2n) is 7.44. The fourth-order valence-electron chi connectivity index (χ4n) is 4.07. The van der Waals surface area contributed by atoms with E-state index in [-0.39, 0.29) is 0 Å². The van der Waals surface area contributed by atoms with Crippen LogP contribution in [0.3, 0.4) is 0 Å². The third-order valence-electron chi connectivity index (χ3n) is 5.65. The monoisotopic (exact) mass is 315 g/mol. The van der Waals surface area contributed by atoms with Crippen LogP contribution in [-0.2, 0) is 6.42 Å². The van der Waals surface area contributed by atoms with Crippen LogP contribution in [0.5, 0.6) is 0 Å². The minimum absolute atomic E-state index is 0.603. The van der Waals surface area contributed by atoms with E-state index in [4.69, 9.17) is 4.98 Å². The highest BCUT2D eigenvalue weighted by atomic mass is 14.7. The molecule has 0 aliphatic heterocycles. The third kappa shape index (κ3) is 2.34. The quantitative estimate of drug-likeness (QED) is 0.546. The maximum atomic E-state index is 4.78. The normalized spacial score (nSPS) is 17.4. The predicted octanol–water partition coefficient (Wildman–Crippen LogP) is 6.38. The zero-order valence-corrected chi connectivity index (χ0v) is 15.1. The Labute approximate surface area is 144 Å². The molecule has 0 saturated heterocycles. The highest BCUT2D eigenvalue weighted by Crippen LogP contribution is 2.43. The summed E-state index contributed by atoms with van der Waals surface area (Å²) in [5.41, 5.74) is 8.26. The standard InChI is InChI=1S/C23H25N/c1-5-15(3)17-6-7-20-18(13-17)8-9-24-23(20)21-11-14(2)10-19-12-16(4)22(19)21/h6-11,13,15-16H,5,12H2,1-4H3. The van der Waals surface area contributed by atoms with Crippen molar-refractivity contribution in [2.75, 3.05) is 0 Å². The van der Waals surface area contributed by atoms with E-state index in [1.54, 1.807) is 0 Å². The van der Waals surface area contributed by atoms with Gasteiger partial charge in [0.1, 0.15) is 0 Å². The molecular formula is C23H25N. The van der Waals surface area contributed by atoms with Crippen molar-refractivity contribution in [2.45, 2.75) is 52.4 Å². The Morgan fingerprint density at radius 1 is 1.17 bits per heavy atom. The lowest BCUT2D eigenvalue weighted by Gasteiger charge is -2.30. The first-order valence-electron chi connectivity index (χ1n) is 9.11. The van der Waals surface area contributed by atoms with Gasteiger partial charge in [0.25, 0.3) is 0 Å². The van der Waals surface area contributed by atoms with Gasteiger partial charge < -0.3 is 0 Å². The van der Waals surface area contributed by atoms with Crippen LogP contribution in [0.1, 0.15) is 61.3 Å². The van der Waals surface area contributed by atoms with Gasteiger partial charge >= 0.3 is 0 Å². The van der Waals surface area contributed by atoms with Crippen LogP contribution in [-0.4, -0.2) is 4.98 Å². The van der Waals surface area contributed by atoms with E-state index in [2.05, 4.69) is 64.1 Å². The summed E-state index contributed by atoms with van der Waals surface area (Å²) in [6, 6.07) is 13.7. The molecule has 24 heavy (non-hydrogen) atoms. The summed E-state index contributed by atoms with van der Waals surface area (Å²) in [5.74, 6) is 1.25. The number of benzene rings is 2. The Bertz CT molecular complexity index is 923. The molecule has 1 aromatic heterocycles. The van der Waals surface area contributed by atoms with Crippen molar-refractivity contribution in [3.63, 3.8) is 0 Å². The molecule has 1 nitrogen and oxygen atoms in total. The Balaban J connectivity index is 1.93. The smallest absolute Gasteiger partial charge is 0.0783 e. The van der Waals surface area contributed by atoms with Crippen LogP contribution in [0.4, 0.5) is 0 Å². The molecule has 0 fully saturated rings. The average Bonchev–Trinajstić information content (AvgIpc) is 2.58. The van der Waals surface area contributed by atoms with Crippen molar-refractivity contribution in [1.82, 2.24) is 4.98 Å². The van der Waals surface area contributed by atoms with Crippen LogP contribution < -0.4 is 0 Å². The number of aryl methyl sites for hydroxylation is 1. The summed E-state index contributed by atoms with van der Waals surface area (Å²) >= 11 is 0. The van der Waals surface area contributed by atoms with Crippen molar-refractivity contribution in [3.8, 4) is 11.3 Å². The molecule has 2 unspecified atom stereocenters. The van der Waals surface area contributed by atoms with E-state index in [1.807, 2.05) is 6.20 Å². The number of hydrogen-bond acceptors (Lipinski definition) is 1. The summed E-state index contributed by atoms with van der Waals surface area (Å²) in [6.45, 7) is 9.07. The molecule has 122 valence electrons. The fourth-order valence-corrected chi connectivity index (χ4v) is 4.07. The topological polar surface area (TPSA) is 12.9 Å².